The van der Waals surface area contributed by atoms with Crippen LogP contribution in [0.2, 0.25) is 0 Å². The number of likely N-dealkylation sites (N-methyl/N-ethyl adjacent to an activating group) is 1. The Morgan fingerprint density at radius 2 is 2.16 bits per heavy atom. The van der Waals surface area contributed by atoms with Crippen LogP contribution in [0.15, 0.2) is 29.6 Å². The van der Waals surface area contributed by atoms with Crippen molar-refractivity contribution < 1.29 is 4.74 Å². The molecule has 1 fully saturated rings. The number of hydrogen-bond acceptors (Lipinski definition) is 5. The molecule has 0 saturated carbocycles. The highest BCUT2D eigenvalue weighted by molar-refractivity contribution is 7.10. The average Bonchev–Trinajstić information content (AvgIpc) is 2.89. The number of nitrogen functional groups attached to an aromatic ring is 1. The smallest absolute Gasteiger partial charge is 0.124 e. The molecule has 3 rings (SSSR count). The van der Waals surface area contributed by atoms with Crippen LogP contribution < -0.4 is 5.73 Å². The quantitative estimate of drug-likeness (QED) is 0.855. The van der Waals surface area contributed by atoms with Gasteiger partial charge in [0.2, 0.25) is 0 Å². The van der Waals surface area contributed by atoms with Crippen molar-refractivity contribution in [3.05, 3.63) is 34.7 Å². The van der Waals surface area contributed by atoms with E-state index >= 15 is 0 Å². The summed E-state index contributed by atoms with van der Waals surface area (Å²) < 4.78 is 5.79. The van der Waals surface area contributed by atoms with Crippen LogP contribution in [-0.4, -0.2) is 36.6 Å². The van der Waals surface area contributed by atoms with E-state index in [2.05, 4.69) is 17.3 Å². The summed E-state index contributed by atoms with van der Waals surface area (Å²) in [6, 6.07) is 7.81. The standard InChI is InChI=1S/C14H17N3OS/c1-17-6-7-18-13(8-17)14-16-12(9-19-14)10-2-4-11(15)5-3-10/h2-5,9,13H,6-8,15H2,1H3. The van der Waals surface area contributed by atoms with Gasteiger partial charge in [-0.25, -0.2) is 4.98 Å². The van der Waals surface area contributed by atoms with Crippen LogP contribution in [0.1, 0.15) is 11.1 Å². The molecule has 0 spiro atoms. The van der Waals surface area contributed by atoms with Crippen LogP contribution in [0.25, 0.3) is 11.3 Å². The fourth-order valence-electron chi connectivity index (χ4n) is 2.15. The minimum Gasteiger partial charge on any atom is -0.399 e. The molecule has 0 radical (unpaired) electrons. The predicted molar refractivity (Wildman–Crippen MR) is 78.2 cm³/mol. The fraction of sp³-hybridized carbons (Fsp3) is 0.357. The van der Waals surface area contributed by atoms with E-state index in [4.69, 9.17) is 15.5 Å². The molecule has 2 aromatic rings. The third-order valence-corrected chi connectivity index (χ3v) is 4.21. The van der Waals surface area contributed by atoms with Gasteiger partial charge >= 0.3 is 0 Å². The first kappa shape index (κ1) is 12.6. The Balaban J connectivity index is 1.81. The maximum absolute atomic E-state index is 5.79. The van der Waals surface area contributed by atoms with Gasteiger partial charge in [0.15, 0.2) is 0 Å². The second-order valence-electron chi connectivity index (χ2n) is 4.81. The van der Waals surface area contributed by atoms with Crippen LogP contribution >= 0.6 is 11.3 Å². The number of nitrogens with zero attached hydrogens (tertiary/aromatic N) is 2. The van der Waals surface area contributed by atoms with Crippen molar-refractivity contribution in [3.63, 3.8) is 0 Å². The highest BCUT2D eigenvalue weighted by Gasteiger charge is 2.22. The molecule has 2 N–H and O–H groups in total. The molecule has 1 saturated heterocycles. The van der Waals surface area contributed by atoms with Crippen LogP contribution in [-0.2, 0) is 4.74 Å². The molecule has 1 atom stereocenters. The molecule has 1 aromatic heterocycles. The first-order chi connectivity index (χ1) is 9.22. The molecule has 1 aromatic carbocycles. The number of thiazole rings is 1. The largest absolute Gasteiger partial charge is 0.399 e. The third kappa shape index (κ3) is 2.78. The van der Waals surface area contributed by atoms with Crippen LogP contribution in [0.4, 0.5) is 5.69 Å². The number of rotatable bonds is 2. The molecule has 2 heterocycles. The lowest BCUT2D eigenvalue weighted by molar-refractivity contribution is -0.0209. The third-order valence-electron chi connectivity index (χ3n) is 3.27. The Bertz CT molecular complexity index is 552. The van der Waals surface area contributed by atoms with Gasteiger partial charge in [-0.05, 0) is 19.2 Å². The van der Waals surface area contributed by atoms with Crippen molar-refractivity contribution >= 4 is 17.0 Å². The zero-order chi connectivity index (χ0) is 13.2. The zero-order valence-corrected chi connectivity index (χ0v) is 11.7. The molecule has 4 nitrogen and oxygen atoms in total. The lowest BCUT2D eigenvalue weighted by Crippen LogP contribution is -2.35. The molecule has 100 valence electrons. The van der Waals surface area contributed by atoms with Crippen molar-refractivity contribution in [1.82, 2.24) is 9.88 Å². The van der Waals surface area contributed by atoms with E-state index in [0.29, 0.717) is 0 Å². The summed E-state index contributed by atoms with van der Waals surface area (Å²) in [5.74, 6) is 0. The Morgan fingerprint density at radius 1 is 1.37 bits per heavy atom. The van der Waals surface area contributed by atoms with E-state index in [1.165, 1.54) is 0 Å². The van der Waals surface area contributed by atoms with Crippen molar-refractivity contribution in [1.29, 1.82) is 0 Å². The Hall–Kier alpha value is -1.43. The second kappa shape index (κ2) is 5.28. The van der Waals surface area contributed by atoms with Gasteiger partial charge in [-0.3, -0.25) is 0 Å². The summed E-state index contributed by atoms with van der Waals surface area (Å²) in [7, 11) is 2.12. The zero-order valence-electron chi connectivity index (χ0n) is 10.9. The number of aromatic nitrogens is 1. The Labute approximate surface area is 116 Å². The highest BCUT2D eigenvalue weighted by atomic mass is 32.1. The topological polar surface area (TPSA) is 51.4 Å². The number of hydrogen-bond donors (Lipinski definition) is 1. The molecular weight excluding hydrogens is 258 g/mol. The fourth-order valence-corrected chi connectivity index (χ4v) is 3.02. The van der Waals surface area contributed by atoms with Crippen molar-refractivity contribution in [3.8, 4) is 11.3 Å². The van der Waals surface area contributed by atoms with E-state index in [0.717, 1.165) is 41.6 Å². The maximum atomic E-state index is 5.79. The minimum atomic E-state index is 0.103. The molecular formula is C14H17N3OS. The number of morpholine rings is 1. The number of ether oxygens (including phenoxy) is 1. The molecule has 0 aliphatic carbocycles. The molecule has 1 unspecified atom stereocenters. The summed E-state index contributed by atoms with van der Waals surface area (Å²) >= 11 is 1.66. The first-order valence-electron chi connectivity index (χ1n) is 6.34. The number of benzene rings is 1. The van der Waals surface area contributed by atoms with Gasteiger partial charge in [-0.1, -0.05) is 12.1 Å². The summed E-state index contributed by atoms with van der Waals surface area (Å²) in [4.78, 5) is 6.97. The number of nitrogens with two attached hydrogens (primary N) is 1. The molecule has 1 aliphatic rings. The lowest BCUT2D eigenvalue weighted by Gasteiger charge is -2.28. The average molecular weight is 275 g/mol. The van der Waals surface area contributed by atoms with Gasteiger partial charge in [0.25, 0.3) is 0 Å². The summed E-state index contributed by atoms with van der Waals surface area (Å²) in [6.45, 7) is 2.68. The summed E-state index contributed by atoms with van der Waals surface area (Å²) in [5.41, 5.74) is 8.57. The minimum absolute atomic E-state index is 0.103. The van der Waals surface area contributed by atoms with Crippen molar-refractivity contribution in [2.45, 2.75) is 6.10 Å². The van der Waals surface area contributed by atoms with Gasteiger partial charge in [0, 0.05) is 29.7 Å². The molecule has 0 amide bonds. The van der Waals surface area contributed by atoms with Crippen molar-refractivity contribution in [2.24, 2.45) is 0 Å². The first-order valence-corrected chi connectivity index (χ1v) is 7.22. The van der Waals surface area contributed by atoms with Crippen LogP contribution in [0.3, 0.4) is 0 Å². The van der Waals surface area contributed by atoms with Crippen molar-refractivity contribution in [2.75, 3.05) is 32.5 Å². The van der Waals surface area contributed by atoms with E-state index < -0.39 is 0 Å². The molecule has 5 heteroatoms. The maximum Gasteiger partial charge on any atom is 0.124 e. The normalized spacial score (nSPS) is 20.6. The van der Waals surface area contributed by atoms with Crippen LogP contribution in [0.5, 0.6) is 0 Å². The van der Waals surface area contributed by atoms with Gasteiger partial charge < -0.3 is 15.4 Å². The van der Waals surface area contributed by atoms with E-state index in [1.807, 2.05) is 24.3 Å². The molecule has 1 aliphatic heterocycles. The Morgan fingerprint density at radius 3 is 2.89 bits per heavy atom. The van der Waals surface area contributed by atoms with E-state index in [1.54, 1.807) is 11.3 Å². The van der Waals surface area contributed by atoms with Crippen LogP contribution in [0, 0.1) is 0 Å². The predicted octanol–water partition coefficient (Wildman–Crippen LogP) is 2.40. The van der Waals surface area contributed by atoms with Gasteiger partial charge in [0.1, 0.15) is 11.1 Å². The Kier molecular flexibility index (Phi) is 3.50. The van der Waals surface area contributed by atoms with E-state index in [9.17, 15) is 0 Å². The SMILES string of the molecule is CN1CCOC(c2nc(-c3ccc(N)cc3)cs2)C1. The number of anilines is 1. The lowest BCUT2D eigenvalue weighted by atomic mass is 10.1. The van der Waals surface area contributed by atoms with Gasteiger partial charge in [-0.15, -0.1) is 11.3 Å². The van der Waals surface area contributed by atoms with E-state index in [-0.39, 0.29) is 6.10 Å². The highest BCUT2D eigenvalue weighted by Crippen LogP contribution is 2.29. The van der Waals surface area contributed by atoms with Gasteiger partial charge in [-0.2, -0.15) is 0 Å². The second-order valence-corrected chi connectivity index (χ2v) is 5.70. The molecule has 0 bridgehead atoms. The summed E-state index contributed by atoms with van der Waals surface area (Å²) in [5, 5.41) is 3.14. The monoisotopic (exact) mass is 275 g/mol. The summed E-state index contributed by atoms with van der Waals surface area (Å²) in [6.07, 6.45) is 0.103. The van der Waals surface area contributed by atoms with Gasteiger partial charge in [0.05, 0.1) is 12.3 Å². The molecule has 19 heavy (non-hydrogen) atoms.